The molecule has 0 aliphatic heterocycles. The molecule has 49 heavy (non-hydrogen) atoms. The second kappa shape index (κ2) is 14.1. The monoisotopic (exact) mass is 758 g/mol. The highest BCUT2D eigenvalue weighted by atomic mass is 35.5. The van der Waals surface area contributed by atoms with Crippen molar-refractivity contribution in [2.24, 2.45) is 5.92 Å². The largest absolute Gasteiger partial charge is 0.523 e. The second-order valence-corrected chi connectivity index (χ2v) is 12.3. The molecule has 6 nitrogen and oxygen atoms in total. The molecule has 1 aliphatic carbocycles. The van der Waals surface area contributed by atoms with Gasteiger partial charge in [0.2, 0.25) is 5.91 Å². The number of hydrogen-bond acceptors (Lipinski definition) is 4. The molecule has 0 heterocycles. The molecule has 2 atom stereocenters. The van der Waals surface area contributed by atoms with Gasteiger partial charge in [-0.1, -0.05) is 29.7 Å². The predicted octanol–water partition coefficient (Wildman–Crippen LogP) is 8.23. The van der Waals surface area contributed by atoms with Crippen LogP contribution in [0.2, 0.25) is 5.02 Å². The number of ketones is 1. The molecular formula is C31H18Cl3F9N2O4. The van der Waals surface area contributed by atoms with Crippen molar-refractivity contribution in [2.45, 2.75) is 29.2 Å². The van der Waals surface area contributed by atoms with E-state index in [0.717, 1.165) is 18.2 Å². The zero-order valence-corrected chi connectivity index (χ0v) is 26.4. The van der Waals surface area contributed by atoms with Crippen molar-refractivity contribution in [3.63, 3.8) is 0 Å². The number of hydrogen-bond donors (Lipinski definition) is 1. The Labute approximate surface area is 286 Å². The molecular weight excluding hydrogens is 742 g/mol. The minimum Gasteiger partial charge on any atom is -0.326 e. The van der Waals surface area contributed by atoms with E-state index in [1.54, 1.807) is 0 Å². The Morgan fingerprint density at radius 3 is 2.22 bits per heavy atom. The van der Waals surface area contributed by atoms with Crippen LogP contribution in [0.4, 0.5) is 50.9 Å². The van der Waals surface area contributed by atoms with Gasteiger partial charge in [-0.2, -0.15) is 13.2 Å². The summed E-state index contributed by atoms with van der Waals surface area (Å²) in [7, 11) is 0. The van der Waals surface area contributed by atoms with Crippen LogP contribution in [0.15, 0.2) is 48.5 Å². The molecule has 0 radical (unpaired) electrons. The molecule has 3 aromatic rings. The summed E-state index contributed by atoms with van der Waals surface area (Å²) in [6.45, 7) is -2.52. The van der Waals surface area contributed by atoms with E-state index in [0.29, 0.717) is 18.2 Å². The maximum Gasteiger partial charge on any atom is 0.523 e. The third kappa shape index (κ3) is 8.43. The topological polar surface area (TPSA) is 75.7 Å². The van der Waals surface area contributed by atoms with Crippen molar-refractivity contribution in [1.82, 2.24) is 0 Å². The van der Waals surface area contributed by atoms with E-state index in [4.69, 9.17) is 41.2 Å². The highest BCUT2D eigenvalue weighted by Gasteiger charge is 2.67. The molecule has 1 N–H and O–H groups in total. The van der Waals surface area contributed by atoms with E-state index >= 15 is 4.39 Å². The van der Waals surface area contributed by atoms with Crippen molar-refractivity contribution >= 4 is 63.8 Å². The summed E-state index contributed by atoms with van der Waals surface area (Å²) < 4.78 is 123. The fraction of sp³-hybridized carbons (Fsp3) is 0.258. The Kier molecular flexibility index (Phi) is 10.9. The molecule has 3 aromatic carbocycles. The molecule has 18 heteroatoms. The van der Waals surface area contributed by atoms with Gasteiger partial charge in [0.1, 0.15) is 28.3 Å². The van der Waals surface area contributed by atoms with Gasteiger partial charge in [-0.25, -0.2) is 13.2 Å². The van der Waals surface area contributed by atoms with E-state index in [1.165, 1.54) is 12.1 Å². The van der Waals surface area contributed by atoms with Crippen molar-refractivity contribution in [3.05, 3.63) is 93.3 Å². The molecule has 4 rings (SSSR count). The molecule has 2 amide bonds. The van der Waals surface area contributed by atoms with Crippen LogP contribution in [0.3, 0.4) is 0 Å². The van der Waals surface area contributed by atoms with Gasteiger partial charge in [0.25, 0.3) is 5.91 Å². The maximum absolute atomic E-state index is 15.5. The molecule has 260 valence electrons. The number of anilines is 2. The minimum atomic E-state index is -5.24. The quantitative estimate of drug-likeness (QED) is 0.0979. The van der Waals surface area contributed by atoms with Crippen molar-refractivity contribution in [2.75, 3.05) is 23.4 Å². The highest BCUT2D eigenvalue weighted by Crippen LogP contribution is 2.65. The number of nitrogens with one attached hydrogen (secondary N) is 1. The summed E-state index contributed by atoms with van der Waals surface area (Å²) in [6.07, 6.45) is -5.99. The fourth-order valence-electron chi connectivity index (χ4n) is 4.90. The first-order valence-corrected chi connectivity index (χ1v) is 14.6. The summed E-state index contributed by atoms with van der Waals surface area (Å²) in [4.78, 5) is 38.8. The molecule has 1 fully saturated rings. The number of carbonyl (C=O) groups is 3. The van der Waals surface area contributed by atoms with E-state index < -0.39 is 100 Å². The van der Waals surface area contributed by atoms with Crippen LogP contribution >= 0.6 is 34.8 Å². The first-order chi connectivity index (χ1) is 22.7. The summed E-state index contributed by atoms with van der Waals surface area (Å²) >= 11 is 18.6. The number of halogens is 12. The molecule has 0 spiro atoms. The summed E-state index contributed by atoms with van der Waals surface area (Å²) in [5.41, 5.74) is -3.80. The standard InChI is InChI=1S/C31H18Cl3F9N2O4/c1-2-9-45(23(47)13-49-31(41,42)43)27-21(36)8-4-15(26(27)37)11-22(46)17-12-16(5-6-19(17)32)44-28(48)25-24(29(25,33)34)14-3-7-20(35)18(10-14)30(38,39)40/h1,3-8,10,12,24-25H,9,11,13H2,(H,44,48)/t24-,25+/m0/s1. The Hall–Kier alpha value is -3.97. The lowest BCUT2D eigenvalue weighted by Gasteiger charge is -2.23. The molecule has 1 aliphatic rings. The van der Waals surface area contributed by atoms with Gasteiger partial charge < -0.3 is 5.32 Å². The van der Waals surface area contributed by atoms with E-state index in [9.17, 15) is 49.5 Å². The van der Waals surface area contributed by atoms with Gasteiger partial charge in [0.15, 0.2) is 11.6 Å². The van der Waals surface area contributed by atoms with Crippen LogP contribution in [0, 0.1) is 35.7 Å². The minimum absolute atomic E-state index is 0.0849. The first-order valence-electron chi connectivity index (χ1n) is 13.5. The van der Waals surface area contributed by atoms with Crippen molar-refractivity contribution in [3.8, 4) is 12.3 Å². The summed E-state index contributed by atoms with van der Waals surface area (Å²) in [5, 5.41) is 2.20. The van der Waals surface area contributed by atoms with Gasteiger partial charge in [-0.3, -0.25) is 24.0 Å². The Bertz CT molecular complexity index is 1860. The number of benzene rings is 3. The zero-order valence-electron chi connectivity index (χ0n) is 24.1. The average molecular weight is 760 g/mol. The molecule has 0 unspecified atom stereocenters. The van der Waals surface area contributed by atoms with E-state index in [1.807, 2.05) is 5.92 Å². The van der Waals surface area contributed by atoms with E-state index in [2.05, 4.69) is 10.1 Å². The number of alkyl halides is 8. The van der Waals surface area contributed by atoms with Gasteiger partial charge in [-0.05, 0) is 47.5 Å². The van der Waals surface area contributed by atoms with Crippen molar-refractivity contribution < 1.29 is 58.6 Å². The van der Waals surface area contributed by atoms with Crippen LogP contribution in [-0.2, 0) is 26.9 Å². The van der Waals surface area contributed by atoms with Gasteiger partial charge in [0.05, 0.1) is 23.0 Å². The second-order valence-electron chi connectivity index (χ2n) is 10.4. The first kappa shape index (κ1) is 37.8. The Balaban J connectivity index is 1.55. The number of terminal acetylenes is 1. The highest BCUT2D eigenvalue weighted by molar-refractivity contribution is 6.53. The Morgan fingerprint density at radius 1 is 0.959 bits per heavy atom. The zero-order chi connectivity index (χ0) is 36.6. The average Bonchev–Trinajstić information content (AvgIpc) is 3.58. The number of carbonyl (C=O) groups excluding carboxylic acids is 3. The van der Waals surface area contributed by atoms with Gasteiger partial charge in [0, 0.05) is 23.6 Å². The SMILES string of the molecule is C#CCN(C(=O)COC(F)(F)F)c1c(F)ccc(CC(=O)c2cc(NC(=O)[C@H]3[C@H](c4ccc(F)c(C(F)(F)F)c4)C3(Cl)Cl)ccc2Cl)c1F. The van der Waals surface area contributed by atoms with Gasteiger partial charge >= 0.3 is 12.5 Å². The lowest BCUT2D eigenvalue weighted by atomic mass is 10.0. The lowest BCUT2D eigenvalue weighted by molar-refractivity contribution is -0.320. The smallest absolute Gasteiger partial charge is 0.326 e. The number of Topliss-reactive ketones (excluding diaryl/α,β-unsaturated/α-hetero) is 1. The van der Waals surface area contributed by atoms with Crippen LogP contribution in [-0.4, -0.2) is 41.4 Å². The number of amides is 2. The third-order valence-corrected chi connectivity index (χ3v) is 8.47. The molecule has 1 saturated carbocycles. The van der Waals surface area contributed by atoms with Crippen LogP contribution in [0.25, 0.3) is 0 Å². The number of rotatable bonds is 10. The summed E-state index contributed by atoms with van der Waals surface area (Å²) in [6, 6.07) is 7.00. The van der Waals surface area contributed by atoms with Crippen molar-refractivity contribution in [1.29, 1.82) is 0 Å². The van der Waals surface area contributed by atoms with Crippen LogP contribution in [0.1, 0.15) is 33.0 Å². The van der Waals surface area contributed by atoms with Crippen LogP contribution in [0.5, 0.6) is 0 Å². The van der Waals surface area contributed by atoms with Gasteiger partial charge in [-0.15, -0.1) is 42.8 Å². The van der Waals surface area contributed by atoms with Crippen LogP contribution < -0.4 is 10.2 Å². The third-order valence-electron chi connectivity index (χ3n) is 7.20. The number of ether oxygens (including phenoxy) is 1. The fourth-order valence-corrected chi connectivity index (χ4v) is 5.95. The molecule has 0 saturated heterocycles. The molecule has 0 aromatic heterocycles. The normalized spacial score (nSPS) is 16.9. The molecule has 0 bridgehead atoms. The predicted molar refractivity (Wildman–Crippen MR) is 160 cm³/mol. The number of nitrogens with zero attached hydrogens (tertiary/aromatic N) is 1. The lowest BCUT2D eigenvalue weighted by Crippen LogP contribution is -2.37. The maximum atomic E-state index is 15.5. The van der Waals surface area contributed by atoms with E-state index in [-0.39, 0.29) is 26.7 Å². The Morgan fingerprint density at radius 2 is 1.61 bits per heavy atom. The summed E-state index contributed by atoms with van der Waals surface area (Å²) in [5.74, 6) is -8.39.